The van der Waals surface area contributed by atoms with Crippen molar-refractivity contribution < 1.29 is 15.3 Å². The molecule has 64 valence electrons. The maximum atomic E-state index is 8.72. The first kappa shape index (κ1) is 12.8. The Kier molecular flexibility index (Phi) is 9.25. The van der Waals surface area contributed by atoms with Gasteiger partial charge in [0.2, 0.25) is 0 Å². The molecule has 0 aliphatic rings. The SMILES string of the molecule is Cl.NC(CO)CC(O)CO. The van der Waals surface area contributed by atoms with Crippen molar-refractivity contribution in [2.24, 2.45) is 5.73 Å². The van der Waals surface area contributed by atoms with Gasteiger partial charge in [-0.05, 0) is 6.42 Å². The number of nitrogens with two attached hydrogens (primary N) is 1. The van der Waals surface area contributed by atoms with Gasteiger partial charge in [-0.25, -0.2) is 0 Å². The second-order valence-electron chi connectivity index (χ2n) is 2.01. The molecule has 0 aliphatic heterocycles. The van der Waals surface area contributed by atoms with Gasteiger partial charge in [0.05, 0.1) is 19.3 Å². The van der Waals surface area contributed by atoms with Crippen molar-refractivity contribution in [1.29, 1.82) is 0 Å². The van der Waals surface area contributed by atoms with Crippen molar-refractivity contribution in [2.45, 2.75) is 18.6 Å². The average Bonchev–Trinajstić information content (AvgIpc) is 1.87. The van der Waals surface area contributed by atoms with E-state index in [1.807, 2.05) is 0 Å². The molecule has 0 aromatic rings. The van der Waals surface area contributed by atoms with E-state index in [0.717, 1.165) is 0 Å². The molecule has 0 bridgehead atoms. The molecular weight excluding hydrogens is 158 g/mol. The Morgan fingerprint density at radius 3 is 2.00 bits per heavy atom. The second-order valence-corrected chi connectivity index (χ2v) is 2.01. The predicted molar refractivity (Wildman–Crippen MR) is 40.0 cm³/mol. The fourth-order valence-electron chi connectivity index (χ4n) is 0.499. The van der Waals surface area contributed by atoms with E-state index < -0.39 is 12.1 Å². The zero-order chi connectivity index (χ0) is 7.28. The largest absolute Gasteiger partial charge is 0.395 e. The van der Waals surface area contributed by atoms with Crippen LogP contribution in [0.4, 0.5) is 0 Å². The Bertz CT molecular complexity index is 65.9. The Morgan fingerprint density at radius 2 is 1.70 bits per heavy atom. The standard InChI is InChI=1S/C5H13NO3.ClH/c6-4(2-7)1-5(9)3-8;/h4-5,7-9H,1-3,6H2;1H. The summed E-state index contributed by atoms with van der Waals surface area (Å²) in [4.78, 5) is 0. The molecule has 10 heavy (non-hydrogen) atoms. The van der Waals surface area contributed by atoms with E-state index in [1.165, 1.54) is 0 Å². The summed E-state index contributed by atoms with van der Waals surface area (Å²) in [6.07, 6.45) is -0.556. The van der Waals surface area contributed by atoms with Crippen LogP contribution in [0, 0.1) is 0 Å². The van der Waals surface area contributed by atoms with Gasteiger partial charge in [-0.15, -0.1) is 12.4 Å². The summed E-state index contributed by atoms with van der Waals surface area (Å²) in [7, 11) is 0. The summed E-state index contributed by atoms with van der Waals surface area (Å²) in [5, 5.41) is 25.4. The highest BCUT2D eigenvalue weighted by atomic mass is 35.5. The molecule has 5 N–H and O–H groups in total. The third-order valence-electron chi connectivity index (χ3n) is 1.02. The summed E-state index contributed by atoms with van der Waals surface area (Å²) >= 11 is 0. The number of hydrogen-bond acceptors (Lipinski definition) is 4. The van der Waals surface area contributed by atoms with E-state index in [0.29, 0.717) is 0 Å². The third kappa shape index (κ3) is 6.25. The van der Waals surface area contributed by atoms with Crippen LogP contribution in [0.3, 0.4) is 0 Å². The molecule has 0 aliphatic carbocycles. The quantitative estimate of drug-likeness (QED) is 0.414. The number of halogens is 1. The maximum absolute atomic E-state index is 8.72. The van der Waals surface area contributed by atoms with Crippen LogP contribution in [0.5, 0.6) is 0 Å². The highest BCUT2D eigenvalue weighted by molar-refractivity contribution is 5.85. The Balaban J connectivity index is 0. The Labute approximate surface area is 66.1 Å². The molecule has 0 saturated carbocycles. The summed E-state index contributed by atoms with van der Waals surface area (Å²) in [6, 6.07) is -0.424. The molecule has 0 saturated heterocycles. The van der Waals surface area contributed by atoms with Crippen LogP contribution in [0.2, 0.25) is 0 Å². The first-order valence-electron chi connectivity index (χ1n) is 2.86. The van der Waals surface area contributed by atoms with Gasteiger partial charge in [0, 0.05) is 6.04 Å². The summed E-state index contributed by atoms with van der Waals surface area (Å²) in [6.45, 7) is -0.454. The van der Waals surface area contributed by atoms with Crippen molar-refractivity contribution in [2.75, 3.05) is 13.2 Å². The Morgan fingerprint density at radius 1 is 1.20 bits per heavy atom. The molecule has 0 amide bonds. The molecule has 4 nitrogen and oxygen atoms in total. The van der Waals surface area contributed by atoms with Crippen molar-refractivity contribution in [3.05, 3.63) is 0 Å². The normalized spacial score (nSPS) is 15.6. The highest BCUT2D eigenvalue weighted by Crippen LogP contribution is 1.92. The van der Waals surface area contributed by atoms with Crippen LogP contribution in [-0.4, -0.2) is 40.7 Å². The van der Waals surface area contributed by atoms with Gasteiger partial charge in [0.25, 0.3) is 0 Å². The minimum Gasteiger partial charge on any atom is -0.395 e. The predicted octanol–water partition coefficient (Wildman–Crippen LogP) is -1.53. The van der Waals surface area contributed by atoms with Crippen molar-refractivity contribution in [1.82, 2.24) is 0 Å². The minimum atomic E-state index is -0.799. The van der Waals surface area contributed by atoms with Gasteiger partial charge >= 0.3 is 0 Å². The van der Waals surface area contributed by atoms with Crippen LogP contribution < -0.4 is 5.73 Å². The monoisotopic (exact) mass is 171 g/mol. The van der Waals surface area contributed by atoms with Crippen molar-refractivity contribution in [3.63, 3.8) is 0 Å². The molecule has 5 heteroatoms. The first-order valence-corrected chi connectivity index (χ1v) is 2.86. The lowest BCUT2D eigenvalue weighted by Gasteiger charge is -2.10. The summed E-state index contributed by atoms with van der Waals surface area (Å²) < 4.78 is 0. The van der Waals surface area contributed by atoms with Gasteiger partial charge in [-0.3, -0.25) is 0 Å². The maximum Gasteiger partial charge on any atom is 0.0786 e. The lowest BCUT2D eigenvalue weighted by Crippen LogP contribution is -2.30. The van der Waals surface area contributed by atoms with E-state index in [9.17, 15) is 0 Å². The molecule has 2 unspecified atom stereocenters. The van der Waals surface area contributed by atoms with Crippen molar-refractivity contribution in [3.8, 4) is 0 Å². The molecule has 2 atom stereocenters. The molecule has 0 aromatic heterocycles. The molecule has 0 rings (SSSR count). The van der Waals surface area contributed by atoms with Crippen LogP contribution in [-0.2, 0) is 0 Å². The summed E-state index contributed by atoms with van der Waals surface area (Å²) in [5.41, 5.74) is 5.23. The zero-order valence-electron chi connectivity index (χ0n) is 5.60. The smallest absolute Gasteiger partial charge is 0.0786 e. The van der Waals surface area contributed by atoms with Gasteiger partial charge in [0.15, 0.2) is 0 Å². The lowest BCUT2D eigenvalue weighted by molar-refractivity contribution is 0.0758. The number of aliphatic hydroxyl groups excluding tert-OH is 3. The number of aliphatic hydroxyl groups is 3. The zero-order valence-corrected chi connectivity index (χ0v) is 6.42. The fourth-order valence-corrected chi connectivity index (χ4v) is 0.499. The van der Waals surface area contributed by atoms with E-state index in [2.05, 4.69) is 0 Å². The molecule has 0 spiro atoms. The molecular formula is C5H14ClNO3. The van der Waals surface area contributed by atoms with Crippen LogP contribution in [0.1, 0.15) is 6.42 Å². The van der Waals surface area contributed by atoms with E-state index in [1.54, 1.807) is 0 Å². The molecule has 0 heterocycles. The third-order valence-corrected chi connectivity index (χ3v) is 1.02. The molecule has 0 aromatic carbocycles. The van der Waals surface area contributed by atoms with Crippen LogP contribution in [0.15, 0.2) is 0 Å². The van der Waals surface area contributed by atoms with Gasteiger partial charge in [-0.2, -0.15) is 0 Å². The topological polar surface area (TPSA) is 86.7 Å². The van der Waals surface area contributed by atoms with E-state index in [4.69, 9.17) is 21.1 Å². The number of rotatable bonds is 4. The molecule has 0 radical (unpaired) electrons. The lowest BCUT2D eigenvalue weighted by atomic mass is 10.1. The first-order chi connectivity index (χ1) is 4.20. The van der Waals surface area contributed by atoms with Gasteiger partial charge in [0.1, 0.15) is 0 Å². The van der Waals surface area contributed by atoms with E-state index in [-0.39, 0.29) is 32.0 Å². The highest BCUT2D eigenvalue weighted by Gasteiger charge is 2.07. The Hall–Kier alpha value is 0.130. The molecule has 0 fully saturated rings. The van der Waals surface area contributed by atoms with E-state index >= 15 is 0 Å². The fraction of sp³-hybridized carbons (Fsp3) is 1.00. The summed E-state index contributed by atoms with van der Waals surface area (Å²) in [5.74, 6) is 0. The minimum absolute atomic E-state index is 0. The van der Waals surface area contributed by atoms with Crippen LogP contribution in [0.25, 0.3) is 0 Å². The number of hydrogen-bond donors (Lipinski definition) is 4. The van der Waals surface area contributed by atoms with Crippen LogP contribution >= 0.6 is 12.4 Å². The van der Waals surface area contributed by atoms with Gasteiger partial charge < -0.3 is 21.1 Å². The second kappa shape index (κ2) is 7.24. The van der Waals surface area contributed by atoms with Gasteiger partial charge in [-0.1, -0.05) is 0 Å². The van der Waals surface area contributed by atoms with Crippen molar-refractivity contribution >= 4 is 12.4 Å². The average molecular weight is 172 g/mol.